The van der Waals surface area contributed by atoms with E-state index >= 15 is 0 Å². The summed E-state index contributed by atoms with van der Waals surface area (Å²) in [6.45, 7) is 7.21. The number of hydrogen-bond donors (Lipinski definition) is 0. The molecule has 76 valence electrons. The topological polar surface area (TPSA) is 17.1 Å². The molecule has 0 fully saturated rings. The number of ketones is 1. The molecule has 0 radical (unpaired) electrons. The molecule has 0 atom stereocenters. The third-order valence-corrected chi connectivity index (χ3v) is 1.64. The van der Waals surface area contributed by atoms with Crippen molar-refractivity contribution in [1.82, 2.24) is 0 Å². The number of rotatable bonds is 8. The highest BCUT2D eigenvalue weighted by Crippen LogP contribution is 1.94. The second-order valence-electron chi connectivity index (χ2n) is 2.94. The molecule has 0 spiro atoms. The van der Waals surface area contributed by atoms with Gasteiger partial charge in [-0.1, -0.05) is 24.3 Å². The highest BCUT2D eigenvalue weighted by molar-refractivity contribution is 5.99. The van der Waals surface area contributed by atoms with E-state index in [9.17, 15) is 4.79 Å². The summed E-state index contributed by atoms with van der Waals surface area (Å²) in [5.41, 5.74) is 0. The molecule has 0 bridgehead atoms. The predicted octanol–water partition coefficient (Wildman–Crippen LogP) is 3.60. The summed E-state index contributed by atoms with van der Waals surface area (Å²) in [4.78, 5) is 11.1. The smallest absolute Gasteiger partial charge is 0.177 e. The molecule has 0 aliphatic heterocycles. The molecule has 0 unspecified atom stereocenters. The van der Waals surface area contributed by atoms with Gasteiger partial charge < -0.3 is 0 Å². The maximum absolute atomic E-state index is 11.1. The summed E-state index contributed by atoms with van der Waals surface area (Å²) in [6, 6.07) is 0. The lowest BCUT2D eigenvalue weighted by atomic mass is 10.2. The van der Waals surface area contributed by atoms with Crippen LogP contribution in [0, 0.1) is 0 Å². The molecule has 0 N–H and O–H groups in total. The minimum Gasteiger partial charge on any atom is -0.290 e. The van der Waals surface area contributed by atoms with Gasteiger partial charge in [0.25, 0.3) is 0 Å². The van der Waals surface area contributed by atoms with Gasteiger partial charge in [0.1, 0.15) is 0 Å². The second kappa shape index (κ2) is 9.72. The zero-order chi connectivity index (χ0) is 10.6. The van der Waals surface area contributed by atoms with E-state index in [4.69, 9.17) is 0 Å². The fourth-order valence-electron chi connectivity index (χ4n) is 0.883. The largest absolute Gasteiger partial charge is 0.290 e. The lowest BCUT2D eigenvalue weighted by molar-refractivity contribution is -0.110. The van der Waals surface area contributed by atoms with E-state index in [2.05, 4.69) is 13.2 Å². The van der Waals surface area contributed by atoms with Gasteiger partial charge in [-0.15, -0.1) is 13.2 Å². The number of carbonyl (C=O) groups excluding carboxylic acids is 1. The molecule has 0 amide bonds. The minimum absolute atomic E-state index is 0.0538. The lowest BCUT2D eigenvalue weighted by Gasteiger charge is -1.86. The van der Waals surface area contributed by atoms with Gasteiger partial charge in [-0.05, 0) is 37.8 Å². The van der Waals surface area contributed by atoms with Crippen molar-refractivity contribution < 1.29 is 4.79 Å². The van der Waals surface area contributed by atoms with Crippen molar-refractivity contribution in [3.8, 4) is 0 Å². The van der Waals surface area contributed by atoms with Gasteiger partial charge in [-0.25, -0.2) is 0 Å². The van der Waals surface area contributed by atoms with Crippen molar-refractivity contribution in [2.24, 2.45) is 0 Å². The first-order chi connectivity index (χ1) is 6.81. The first-order valence-electron chi connectivity index (χ1n) is 4.90. The lowest BCUT2D eigenvalue weighted by Crippen LogP contribution is -1.84. The molecule has 0 aromatic heterocycles. The molecule has 1 heteroatoms. The number of allylic oxidation sites excluding steroid dienone is 6. The molecule has 0 aromatic rings. The summed E-state index contributed by atoms with van der Waals surface area (Å²) in [5, 5.41) is 0. The van der Waals surface area contributed by atoms with E-state index in [1.165, 1.54) is 0 Å². The van der Waals surface area contributed by atoms with Gasteiger partial charge in [0.2, 0.25) is 0 Å². The highest BCUT2D eigenvalue weighted by Gasteiger charge is 1.86. The van der Waals surface area contributed by atoms with Gasteiger partial charge in [0, 0.05) is 0 Å². The summed E-state index contributed by atoms with van der Waals surface area (Å²) in [5.74, 6) is 0.0538. The summed E-state index contributed by atoms with van der Waals surface area (Å²) in [6.07, 6.45) is 14.3. The van der Waals surface area contributed by atoms with Crippen LogP contribution in [0.15, 0.2) is 49.6 Å². The Morgan fingerprint density at radius 3 is 1.64 bits per heavy atom. The summed E-state index contributed by atoms with van der Waals surface area (Å²) in [7, 11) is 0. The van der Waals surface area contributed by atoms with Crippen molar-refractivity contribution in [2.75, 3.05) is 0 Å². The maximum atomic E-state index is 11.1. The Labute approximate surface area is 86.5 Å². The van der Waals surface area contributed by atoms with Gasteiger partial charge in [-0.2, -0.15) is 0 Å². The van der Waals surface area contributed by atoms with Crippen molar-refractivity contribution in [2.45, 2.75) is 25.7 Å². The fraction of sp³-hybridized carbons (Fsp3) is 0.308. The van der Waals surface area contributed by atoms with E-state index in [-0.39, 0.29) is 5.78 Å². The van der Waals surface area contributed by atoms with Crippen LogP contribution in [0.1, 0.15) is 25.7 Å². The SMILES string of the molecule is C=CCCC=CC(=O)C=CCCC=C. The average molecular weight is 190 g/mol. The van der Waals surface area contributed by atoms with Crippen molar-refractivity contribution in [3.63, 3.8) is 0 Å². The van der Waals surface area contributed by atoms with Crippen molar-refractivity contribution in [1.29, 1.82) is 0 Å². The van der Waals surface area contributed by atoms with Crippen LogP contribution in [0.3, 0.4) is 0 Å². The van der Waals surface area contributed by atoms with Crippen LogP contribution in [-0.2, 0) is 4.79 Å². The molecule has 0 saturated heterocycles. The number of unbranched alkanes of at least 4 members (excludes halogenated alkanes) is 2. The first-order valence-corrected chi connectivity index (χ1v) is 4.90. The molecule has 0 rings (SSSR count). The quantitative estimate of drug-likeness (QED) is 0.325. The Morgan fingerprint density at radius 2 is 1.29 bits per heavy atom. The zero-order valence-corrected chi connectivity index (χ0v) is 8.61. The highest BCUT2D eigenvalue weighted by atomic mass is 16.1. The zero-order valence-electron chi connectivity index (χ0n) is 8.61. The third kappa shape index (κ3) is 8.72. The maximum Gasteiger partial charge on any atom is 0.177 e. The van der Waals surface area contributed by atoms with Crippen LogP contribution < -0.4 is 0 Å². The van der Waals surface area contributed by atoms with Crippen molar-refractivity contribution in [3.05, 3.63) is 49.6 Å². The van der Waals surface area contributed by atoms with E-state index < -0.39 is 0 Å². The molecule has 0 aromatic carbocycles. The Kier molecular flexibility index (Phi) is 8.77. The molecule has 0 aliphatic rings. The van der Waals surface area contributed by atoms with Crippen LogP contribution in [0.4, 0.5) is 0 Å². The van der Waals surface area contributed by atoms with Crippen LogP contribution in [0.25, 0.3) is 0 Å². The summed E-state index contributed by atoms with van der Waals surface area (Å²) >= 11 is 0. The van der Waals surface area contributed by atoms with E-state index in [1.54, 1.807) is 12.2 Å². The van der Waals surface area contributed by atoms with Crippen LogP contribution in [0.5, 0.6) is 0 Å². The van der Waals surface area contributed by atoms with E-state index in [1.807, 2.05) is 24.3 Å². The summed E-state index contributed by atoms with van der Waals surface area (Å²) < 4.78 is 0. The normalized spacial score (nSPS) is 10.9. The van der Waals surface area contributed by atoms with Crippen molar-refractivity contribution >= 4 is 5.78 Å². The Balaban J connectivity index is 3.62. The Morgan fingerprint density at radius 1 is 0.857 bits per heavy atom. The van der Waals surface area contributed by atoms with Gasteiger partial charge in [-0.3, -0.25) is 4.79 Å². The molecule has 0 saturated carbocycles. The predicted molar refractivity (Wildman–Crippen MR) is 62.1 cm³/mol. The van der Waals surface area contributed by atoms with Crippen LogP contribution >= 0.6 is 0 Å². The second-order valence-corrected chi connectivity index (χ2v) is 2.94. The van der Waals surface area contributed by atoms with Crippen LogP contribution in [-0.4, -0.2) is 5.78 Å². The number of hydrogen-bond acceptors (Lipinski definition) is 1. The molecule has 14 heavy (non-hydrogen) atoms. The number of carbonyl (C=O) groups is 1. The average Bonchev–Trinajstić information content (AvgIpc) is 2.19. The molecule has 0 heterocycles. The van der Waals surface area contributed by atoms with Gasteiger partial charge in [0.05, 0.1) is 0 Å². The Hall–Kier alpha value is -1.37. The minimum atomic E-state index is 0.0538. The standard InChI is InChI=1S/C13H18O/c1-3-5-7-9-11-13(14)12-10-8-6-4-2/h3-4,9-12H,1-2,5-8H2. The monoisotopic (exact) mass is 190 g/mol. The molecule has 0 aliphatic carbocycles. The fourth-order valence-corrected chi connectivity index (χ4v) is 0.883. The first kappa shape index (κ1) is 12.6. The van der Waals surface area contributed by atoms with E-state index in [0.717, 1.165) is 25.7 Å². The molecule has 1 nitrogen and oxygen atoms in total. The molecular weight excluding hydrogens is 172 g/mol. The molecular formula is C13H18O. The Bertz CT molecular complexity index is 210. The third-order valence-electron chi connectivity index (χ3n) is 1.64. The van der Waals surface area contributed by atoms with Gasteiger partial charge in [0.15, 0.2) is 5.78 Å². The van der Waals surface area contributed by atoms with Crippen LogP contribution in [0.2, 0.25) is 0 Å². The van der Waals surface area contributed by atoms with Gasteiger partial charge >= 0.3 is 0 Å². The van der Waals surface area contributed by atoms with E-state index in [0.29, 0.717) is 0 Å².